The Morgan fingerprint density at radius 2 is 1.80 bits per heavy atom. The predicted molar refractivity (Wildman–Crippen MR) is 94.9 cm³/mol. The highest BCUT2D eigenvalue weighted by atomic mass is 16.5. The van der Waals surface area contributed by atoms with E-state index in [1.165, 1.54) is 17.6 Å². The van der Waals surface area contributed by atoms with Crippen LogP contribution in [0.25, 0.3) is 0 Å². The van der Waals surface area contributed by atoms with E-state index in [0.29, 0.717) is 0 Å². The fourth-order valence-corrected chi connectivity index (χ4v) is 4.21. The largest absolute Gasteiger partial charge is 0.468 e. The van der Waals surface area contributed by atoms with Gasteiger partial charge in [-0.05, 0) is 18.8 Å². The van der Waals surface area contributed by atoms with Gasteiger partial charge in [0.2, 0.25) is 5.91 Å². The topological polar surface area (TPSA) is 51.1 Å². The van der Waals surface area contributed by atoms with E-state index in [2.05, 4.69) is 24.3 Å². The van der Waals surface area contributed by atoms with E-state index in [-0.39, 0.29) is 17.8 Å². The molecule has 2 aliphatic rings. The number of carbonyl (C=O) groups excluding carboxylic acids is 2. The van der Waals surface area contributed by atoms with Crippen LogP contribution in [0.5, 0.6) is 0 Å². The van der Waals surface area contributed by atoms with Crippen molar-refractivity contribution < 1.29 is 19.2 Å². The maximum Gasteiger partial charge on any atom is 0.318 e. The minimum absolute atomic E-state index is 0.0162. The van der Waals surface area contributed by atoms with E-state index < -0.39 is 5.92 Å². The molecule has 1 aromatic carbocycles. The minimum Gasteiger partial charge on any atom is -0.468 e. The smallest absolute Gasteiger partial charge is 0.318 e. The standard InChI is InChI=1S/C20H28N2O3/c1-25-20(24)18(17-9-5-6-10-17)19(23)22-13-11-21(12-14-22)15-16-7-3-2-4-8-16/h2-4,7-8,17-18H,5-6,9-15H2,1H3/p+1/t18-/m0/s1. The molecule has 1 saturated heterocycles. The number of piperazine rings is 1. The lowest BCUT2D eigenvalue weighted by Crippen LogP contribution is -3.13. The number of methoxy groups -OCH3 is 1. The molecule has 1 amide bonds. The molecular formula is C20H29N2O3+. The van der Waals surface area contributed by atoms with Crippen LogP contribution in [0.1, 0.15) is 31.2 Å². The van der Waals surface area contributed by atoms with Crippen LogP contribution in [0.2, 0.25) is 0 Å². The molecule has 2 fully saturated rings. The van der Waals surface area contributed by atoms with Gasteiger partial charge in [0.05, 0.1) is 33.3 Å². The first-order chi connectivity index (χ1) is 12.2. The van der Waals surface area contributed by atoms with Crippen molar-refractivity contribution >= 4 is 11.9 Å². The average Bonchev–Trinajstić information content (AvgIpc) is 3.17. The number of nitrogens with one attached hydrogen (secondary N) is 1. The van der Waals surface area contributed by atoms with Gasteiger partial charge in [-0.3, -0.25) is 9.59 Å². The fourth-order valence-electron chi connectivity index (χ4n) is 4.21. The molecule has 1 aliphatic heterocycles. The summed E-state index contributed by atoms with van der Waals surface area (Å²) in [6.07, 6.45) is 4.15. The van der Waals surface area contributed by atoms with Gasteiger partial charge in [-0.15, -0.1) is 0 Å². The zero-order chi connectivity index (χ0) is 17.6. The Bertz CT molecular complexity index is 576. The Hall–Kier alpha value is -1.88. The van der Waals surface area contributed by atoms with E-state index in [4.69, 9.17) is 4.74 Å². The van der Waals surface area contributed by atoms with Gasteiger partial charge in [-0.1, -0.05) is 43.2 Å². The molecule has 1 aliphatic carbocycles. The van der Waals surface area contributed by atoms with Crippen molar-refractivity contribution in [3.8, 4) is 0 Å². The van der Waals surface area contributed by atoms with Crippen LogP contribution in [0.4, 0.5) is 0 Å². The zero-order valence-corrected chi connectivity index (χ0v) is 15.1. The molecular weight excluding hydrogens is 316 g/mol. The first kappa shape index (κ1) is 17.9. The van der Waals surface area contributed by atoms with E-state index in [1.807, 2.05) is 11.0 Å². The Morgan fingerprint density at radius 1 is 1.16 bits per heavy atom. The number of hydrogen-bond donors (Lipinski definition) is 1. The number of ether oxygens (including phenoxy) is 1. The molecule has 5 nitrogen and oxygen atoms in total. The second-order valence-electron chi connectivity index (χ2n) is 7.28. The molecule has 1 N–H and O–H groups in total. The molecule has 136 valence electrons. The second-order valence-corrected chi connectivity index (χ2v) is 7.28. The summed E-state index contributed by atoms with van der Waals surface area (Å²) in [7, 11) is 1.39. The SMILES string of the molecule is COC(=O)[C@H](C(=O)N1CC[NH+](Cc2ccccc2)CC1)C1CCCC1. The molecule has 0 unspecified atom stereocenters. The third-order valence-corrected chi connectivity index (χ3v) is 5.67. The van der Waals surface area contributed by atoms with Gasteiger partial charge in [0, 0.05) is 5.56 Å². The predicted octanol–water partition coefficient (Wildman–Crippen LogP) is 0.893. The lowest BCUT2D eigenvalue weighted by Gasteiger charge is -2.34. The fraction of sp³-hybridized carbons (Fsp3) is 0.600. The number of carbonyl (C=O) groups is 2. The van der Waals surface area contributed by atoms with Crippen molar-refractivity contribution in [2.24, 2.45) is 11.8 Å². The van der Waals surface area contributed by atoms with Gasteiger partial charge in [-0.25, -0.2) is 0 Å². The van der Waals surface area contributed by atoms with E-state index in [9.17, 15) is 9.59 Å². The summed E-state index contributed by atoms with van der Waals surface area (Å²) in [6.45, 7) is 4.30. The zero-order valence-electron chi connectivity index (χ0n) is 15.1. The van der Waals surface area contributed by atoms with Crippen LogP contribution >= 0.6 is 0 Å². The number of esters is 1. The third-order valence-electron chi connectivity index (χ3n) is 5.67. The number of rotatable bonds is 5. The average molecular weight is 345 g/mol. The van der Waals surface area contributed by atoms with Crippen molar-refractivity contribution in [1.82, 2.24) is 4.90 Å². The lowest BCUT2D eigenvalue weighted by atomic mass is 9.89. The first-order valence-corrected chi connectivity index (χ1v) is 9.43. The summed E-state index contributed by atoms with van der Waals surface area (Å²) >= 11 is 0. The molecule has 1 heterocycles. The first-order valence-electron chi connectivity index (χ1n) is 9.43. The Morgan fingerprint density at radius 3 is 2.40 bits per heavy atom. The molecule has 1 saturated carbocycles. The Kier molecular flexibility index (Phi) is 6.08. The molecule has 0 aromatic heterocycles. The van der Waals surface area contributed by atoms with Crippen LogP contribution in [-0.2, 0) is 20.9 Å². The Balaban J connectivity index is 1.57. The highest BCUT2D eigenvalue weighted by Gasteiger charge is 2.40. The van der Waals surface area contributed by atoms with Crippen LogP contribution in [0.15, 0.2) is 30.3 Å². The molecule has 0 spiro atoms. The van der Waals surface area contributed by atoms with Crippen molar-refractivity contribution in [2.75, 3.05) is 33.3 Å². The number of hydrogen-bond acceptors (Lipinski definition) is 3. The van der Waals surface area contributed by atoms with Crippen LogP contribution in [0, 0.1) is 11.8 Å². The molecule has 1 atom stereocenters. The van der Waals surface area contributed by atoms with Gasteiger partial charge >= 0.3 is 5.97 Å². The number of amides is 1. The molecule has 0 radical (unpaired) electrons. The Labute approximate surface area is 149 Å². The maximum absolute atomic E-state index is 13.0. The number of nitrogens with zero attached hydrogens (tertiary/aromatic N) is 1. The normalized spacial score (nSPS) is 20.4. The van der Waals surface area contributed by atoms with Gasteiger partial charge in [0.15, 0.2) is 0 Å². The van der Waals surface area contributed by atoms with Crippen molar-refractivity contribution in [1.29, 1.82) is 0 Å². The van der Waals surface area contributed by atoms with Crippen LogP contribution in [-0.4, -0.2) is 50.1 Å². The number of benzene rings is 1. The molecule has 0 bridgehead atoms. The van der Waals surface area contributed by atoms with E-state index in [0.717, 1.165) is 58.4 Å². The summed E-state index contributed by atoms with van der Waals surface area (Å²) in [6, 6.07) is 10.5. The summed E-state index contributed by atoms with van der Waals surface area (Å²) < 4.78 is 4.95. The van der Waals surface area contributed by atoms with Crippen molar-refractivity contribution in [3.63, 3.8) is 0 Å². The van der Waals surface area contributed by atoms with E-state index in [1.54, 1.807) is 0 Å². The third kappa shape index (κ3) is 4.40. The van der Waals surface area contributed by atoms with Crippen molar-refractivity contribution in [2.45, 2.75) is 32.2 Å². The summed E-state index contributed by atoms with van der Waals surface area (Å²) in [4.78, 5) is 28.6. The minimum atomic E-state index is -0.594. The van der Waals surface area contributed by atoms with Gasteiger partial charge < -0.3 is 14.5 Å². The van der Waals surface area contributed by atoms with Crippen LogP contribution in [0.3, 0.4) is 0 Å². The number of quaternary nitrogens is 1. The van der Waals surface area contributed by atoms with Crippen LogP contribution < -0.4 is 4.90 Å². The van der Waals surface area contributed by atoms with E-state index >= 15 is 0 Å². The molecule has 25 heavy (non-hydrogen) atoms. The van der Waals surface area contributed by atoms with Gasteiger partial charge in [0.1, 0.15) is 12.5 Å². The van der Waals surface area contributed by atoms with Crippen molar-refractivity contribution in [3.05, 3.63) is 35.9 Å². The quantitative estimate of drug-likeness (QED) is 0.637. The maximum atomic E-state index is 13.0. The highest BCUT2D eigenvalue weighted by molar-refractivity contribution is 5.98. The molecule has 1 aromatic rings. The van der Waals surface area contributed by atoms with Gasteiger partial charge in [-0.2, -0.15) is 0 Å². The summed E-state index contributed by atoms with van der Waals surface area (Å²) in [5, 5.41) is 0. The molecule has 5 heteroatoms. The molecule has 3 rings (SSSR count). The lowest BCUT2D eigenvalue weighted by molar-refractivity contribution is -0.917. The summed E-state index contributed by atoms with van der Waals surface area (Å²) in [5.41, 5.74) is 1.33. The van der Waals surface area contributed by atoms with Gasteiger partial charge in [0.25, 0.3) is 0 Å². The highest BCUT2D eigenvalue weighted by Crippen LogP contribution is 2.33. The monoisotopic (exact) mass is 345 g/mol. The summed E-state index contributed by atoms with van der Waals surface area (Å²) in [5.74, 6) is -0.800. The second kappa shape index (κ2) is 8.48.